The van der Waals surface area contributed by atoms with E-state index in [1.807, 2.05) is 12.1 Å². The third-order valence-corrected chi connectivity index (χ3v) is 4.09. The van der Waals surface area contributed by atoms with E-state index in [0.717, 1.165) is 24.3 Å². The van der Waals surface area contributed by atoms with Crippen LogP contribution < -0.4 is 4.74 Å². The van der Waals surface area contributed by atoms with Gasteiger partial charge < -0.3 is 9.84 Å². The van der Waals surface area contributed by atoms with Gasteiger partial charge in [-0.2, -0.15) is 0 Å². The van der Waals surface area contributed by atoms with E-state index in [-0.39, 0.29) is 5.92 Å². The van der Waals surface area contributed by atoms with Gasteiger partial charge >= 0.3 is 5.97 Å². The highest BCUT2D eigenvalue weighted by molar-refractivity contribution is 6.31. The van der Waals surface area contributed by atoms with Crippen LogP contribution in [0.1, 0.15) is 18.9 Å². The van der Waals surface area contributed by atoms with E-state index >= 15 is 0 Å². The number of ether oxygens (including phenoxy) is 1. The first-order chi connectivity index (χ1) is 9.49. The summed E-state index contributed by atoms with van der Waals surface area (Å²) in [6, 6.07) is 5.61. The summed E-state index contributed by atoms with van der Waals surface area (Å²) >= 11 is 6.24. The molecule has 0 aromatic heterocycles. The lowest BCUT2D eigenvalue weighted by Gasteiger charge is -2.34. The molecule has 4 nitrogen and oxygen atoms in total. The molecule has 1 aliphatic heterocycles. The summed E-state index contributed by atoms with van der Waals surface area (Å²) < 4.78 is 5.13. The normalized spacial score (nSPS) is 23.6. The molecule has 1 N–H and O–H groups in total. The summed E-state index contributed by atoms with van der Waals surface area (Å²) in [6.45, 7) is 4.27. The van der Waals surface area contributed by atoms with Crippen LogP contribution in [0.15, 0.2) is 18.2 Å². The monoisotopic (exact) mass is 297 g/mol. The maximum absolute atomic E-state index is 11.2. The Labute approximate surface area is 124 Å². The van der Waals surface area contributed by atoms with Gasteiger partial charge in [0.25, 0.3) is 0 Å². The summed E-state index contributed by atoms with van der Waals surface area (Å²) in [5.41, 5.74) is 1.01. The Morgan fingerprint density at radius 1 is 1.50 bits per heavy atom. The second kappa shape index (κ2) is 6.46. The fourth-order valence-corrected chi connectivity index (χ4v) is 3.02. The second-order valence-corrected chi connectivity index (χ2v) is 5.93. The van der Waals surface area contributed by atoms with Crippen LogP contribution in [-0.4, -0.2) is 36.2 Å². The molecule has 1 aromatic rings. The van der Waals surface area contributed by atoms with Gasteiger partial charge in [0.05, 0.1) is 13.0 Å². The number of hydrogen-bond donors (Lipinski definition) is 1. The second-order valence-electron chi connectivity index (χ2n) is 5.53. The molecule has 1 heterocycles. The van der Waals surface area contributed by atoms with Crippen LogP contribution in [0.4, 0.5) is 0 Å². The summed E-state index contributed by atoms with van der Waals surface area (Å²) in [6.07, 6.45) is 0.752. The fourth-order valence-electron chi connectivity index (χ4n) is 2.79. The Bertz CT molecular complexity index is 492. The summed E-state index contributed by atoms with van der Waals surface area (Å²) in [5.74, 6) is 0.134. The smallest absolute Gasteiger partial charge is 0.307 e. The maximum Gasteiger partial charge on any atom is 0.307 e. The minimum Gasteiger partial charge on any atom is -0.497 e. The van der Waals surface area contributed by atoms with E-state index < -0.39 is 5.97 Å². The van der Waals surface area contributed by atoms with E-state index in [1.54, 1.807) is 13.2 Å². The molecule has 2 atom stereocenters. The maximum atomic E-state index is 11.2. The minimum atomic E-state index is -0.706. The number of carboxylic acid groups (broad SMARTS) is 1. The Kier molecular flexibility index (Phi) is 4.89. The molecule has 20 heavy (non-hydrogen) atoms. The average Bonchev–Trinajstić information content (AvgIpc) is 2.40. The quantitative estimate of drug-likeness (QED) is 0.928. The van der Waals surface area contributed by atoms with E-state index in [2.05, 4.69) is 11.8 Å². The van der Waals surface area contributed by atoms with Crippen molar-refractivity contribution in [1.29, 1.82) is 0 Å². The molecule has 5 heteroatoms. The number of halogens is 1. The van der Waals surface area contributed by atoms with Crippen molar-refractivity contribution in [3.63, 3.8) is 0 Å². The van der Waals surface area contributed by atoms with Gasteiger partial charge in [0, 0.05) is 24.7 Å². The van der Waals surface area contributed by atoms with Crippen LogP contribution in [0, 0.1) is 11.8 Å². The predicted octanol–water partition coefficient (Wildman–Crippen LogP) is 2.89. The van der Waals surface area contributed by atoms with Gasteiger partial charge in [0.1, 0.15) is 5.75 Å². The van der Waals surface area contributed by atoms with Crippen LogP contribution in [-0.2, 0) is 11.3 Å². The first kappa shape index (κ1) is 15.1. The van der Waals surface area contributed by atoms with Gasteiger partial charge in [-0.05, 0) is 30.0 Å². The summed E-state index contributed by atoms with van der Waals surface area (Å²) in [5, 5.41) is 9.86. The molecular weight excluding hydrogens is 278 g/mol. The van der Waals surface area contributed by atoms with E-state index in [0.29, 0.717) is 24.0 Å². The van der Waals surface area contributed by atoms with Crippen molar-refractivity contribution < 1.29 is 14.6 Å². The molecule has 1 fully saturated rings. The summed E-state index contributed by atoms with van der Waals surface area (Å²) in [7, 11) is 1.61. The number of methoxy groups -OCH3 is 1. The van der Waals surface area contributed by atoms with Gasteiger partial charge in [-0.15, -0.1) is 0 Å². The zero-order valence-corrected chi connectivity index (χ0v) is 12.6. The topological polar surface area (TPSA) is 49.8 Å². The molecule has 1 aromatic carbocycles. The fraction of sp³-hybridized carbons (Fsp3) is 0.533. The van der Waals surface area contributed by atoms with Gasteiger partial charge in [0.2, 0.25) is 0 Å². The van der Waals surface area contributed by atoms with Crippen LogP contribution in [0.5, 0.6) is 5.75 Å². The Morgan fingerprint density at radius 3 is 2.85 bits per heavy atom. The Hall–Kier alpha value is -1.26. The third-order valence-electron chi connectivity index (χ3n) is 3.74. The standard InChI is InChI=1S/C15H20ClNO3/c1-10-5-12(15(18)19)9-17(7-10)8-11-3-4-13(20-2)6-14(11)16/h3-4,6,10,12H,5,7-9H2,1-2H3,(H,18,19). The average molecular weight is 298 g/mol. The molecule has 0 amide bonds. The molecule has 0 spiro atoms. The molecule has 0 bridgehead atoms. The zero-order chi connectivity index (χ0) is 14.7. The van der Waals surface area contributed by atoms with Crippen molar-refractivity contribution in [3.05, 3.63) is 28.8 Å². The Balaban J connectivity index is 2.07. The van der Waals surface area contributed by atoms with E-state index in [9.17, 15) is 9.90 Å². The van der Waals surface area contributed by atoms with Gasteiger partial charge in [-0.25, -0.2) is 0 Å². The minimum absolute atomic E-state index is 0.282. The number of nitrogens with zero attached hydrogens (tertiary/aromatic N) is 1. The largest absolute Gasteiger partial charge is 0.497 e. The highest BCUT2D eigenvalue weighted by atomic mass is 35.5. The van der Waals surface area contributed by atoms with Gasteiger partial charge in [0.15, 0.2) is 0 Å². The SMILES string of the molecule is COc1ccc(CN2CC(C)CC(C(=O)O)C2)c(Cl)c1. The molecule has 2 unspecified atom stereocenters. The van der Waals surface area contributed by atoms with Crippen molar-refractivity contribution in [2.75, 3.05) is 20.2 Å². The van der Waals surface area contributed by atoms with Crippen molar-refractivity contribution in [1.82, 2.24) is 4.90 Å². The van der Waals surface area contributed by atoms with Gasteiger partial charge in [-0.3, -0.25) is 9.69 Å². The number of rotatable bonds is 4. The van der Waals surface area contributed by atoms with Crippen molar-refractivity contribution in [3.8, 4) is 5.75 Å². The van der Waals surface area contributed by atoms with Crippen molar-refractivity contribution in [2.24, 2.45) is 11.8 Å². The van der Waals surface area contributed by atoms with E-state index in [4.69, 9.17) is 16.3 Å². The first-order valence-corrected chi connectivity index (χ1v) is 7.15. The lowest BCUT2D eigenvalue weighted by atomic mass is 9.90. The number of piperidine rings is 1. The van der Waals surface area contributed by atoms with Crippen LogP contribution in [0.25, 0.3) is 0 Å². The first-order valence-electron chi connectivity index (χ1n) is 6.77. The highest BCUT2D eigenvalue weighted by Gasteiger charge is 2.29. The van der Waals surface area contributed by atoms with Crippen LogP contribution in [0.3, 0.4) is 0 Å². The number of benzene rings is 1. The number of likely N-dealkylation sites (tertiary alicyclic amines) is 1. The van der Waals surface area contributed by atoms with Crippen LogP contribution >= 0.6 is 11.6 Å². The molecule has 1 saturated heterocycles. The van der Waals surface area contributed by atoms with Crippen LogP contribution in [0.2, 0.25) is 5.02 Å². The lowest BCUT2D eigenvalue weighted by Crippen LogP contribution is -2.42. The molecule has 110 valence electrons. The summed E-state index contributed by atoms with van der Waals surface area (Å²) in [4.78, 5) is 13.3. The number of hydrogen-bond acceptors (Lipinski definition) is 3. The third kappa shape index (κ3) is 3.64. The van der Waals surface area contributed by atoms with Gasteiger partial charge in [-0.1, -0.05) is 24.6 Å². The molecular formula is C15H20ClNO3. The number of carbonyl (C=O) groups is 1. The number of carboxylic acids is 1. The predicted molar refractivity (Wildman–Crippen MR) is 78.2 cm³/mol. The molecule has 2 rings (SSSR count). The Morgan fingerprint density at radius 2 is 2.25 bits per heavy atom. The van der Waals surface area contributed by atoms with Crippen molar-refractivity contribution in [2.45, 2.75) is 19.9 Å². The lowest BCUT2D eigenvalue weighted by molar-refractivity contribution is -0.144. The molecule has 0 saturated carbocycles. The zero-order valence-electron chi connectivity index (χ0n) is 11.8. The highest BCUT2D eigenvalue weighted by Crippen LogP contribution is 2.27. The molecule has 0 aliphatic carbocycles. The molecule has 0 radical (unpaired) electrons. The van der Waals surface area contributed by atoms with Crippen molar-refractivity contribution >= 4 is 17.6 Å². The number of aliphatic carboxylic acids is 1. The van der Waals surface area contributed by atoms with E-state index in [1.165, 1.54) is 0 Å². The molecule has 1 aliphatic rings.